The Hall–Kier alpha value is -0.860. The maximum absolute atomic E-state index is 5.31. The van der Waals surface area contributed by atoms with Crippen LogP contribution in [0.15, 0.2) is 12.1 Å². The first-order valence-electron chi connectivity index (χ1n) is 4.84. The van der Waals surface area contributed by atoms with Crippen molar-refractivity contribution >= 4 is 0 Å². The van der Waals surface area contributed by atoms with Gasteiger partial charge in [-0.1, -0.05) is 17.7 Å². The van der Waals surface area contributed by atoms with E-state index in [-0.39, 0.29) is 0 Å². The van der Waals surface area contributed by atoms with Crippen molar-refractivity contribution in [2.75, 3.05) is 0 Å². The van der Waals surface area contributed by atoms with Crippen LogP contribution < -0.4 is 5.90 Å². The van der Waals surface area contributed by atoms with Crippen LogP contribution in [0.25, 0.3) is 0 Å². The second kappa shape index (κ2) is 3.71. The molecule has 2 heteroatoms. The van der Waals surface area contributed by atoms with Crippen molar-refractivity contribution in [2.45, 2.75) is 40.2 Å². The smallest absolute Gasteiger partial charge is 0.109 e. The Bertz CT molecular complexity index is 319. The summed E-state index contributed by atoms with van der Waals surface area (Å²) in [7, 11) is 0. The number of rotatable bonds is 2. The monoisotopic (exact) mass is 193 g/mol. The summed E-state index contributed by atoms with van der Waals surface area (Å²) in [6.45, 7) is 10.3. The van der Waals surface area contributed by atoms with Crippen LogP contribution in [0.2, 0.25) is 0 Å². The minimum absolute atomic E-state index is 0.415. The molecule has 0 atom stereocenters. The molecule has 0 spiro atoms. The van der Waals surface area contributed by atoms with E-state index in [2.05, 4.69) is 32.9 Å². The van der Waals surface area contributed by atoms with Gasteiger partial charge < -0.3 is 0 Å². The van der Waals surface area contributed by atoms with Crippen molar-refractivity contribution < 1.29 is 4.84 Å². The van der Waals surface area contributed by atoms with E-state index in [1.54, 1.807) is 0 Å². The molecule has 0 aliphatic carbocycles. The summed E-state index contributed by atoms with van der Waals surface area (Å²) >= 11 is 0. The molecule has 14 heavy (non-hydrogen) atoms. The van der Waals surface area contributed by atoms with Crippen LogP contribution in [0.3, 0.4) is 0 Å². The first-order valence-corrected chi connectivity index (χ1v) is 4.84. The lowest BCUT2D eigenvalue weighted by atomic mass is 9.88. The van der Waals surface area contributed by atoms with Gasteiger partial charge in [0.1, 0.15) is 5.60 Å². The van der Waals surface area contributed by atoms with Crippen molar-refractivity contribution in [3.05, 3.63) is 34.4 Å². The lowest BCUT2D eigenvalue weighted by Crippen LogP contribution is -2.27. The summed E-state index contributed by atoms with van der Waals surface area (Å²) in [5, 5.41) is 0. The van der Waals surface area contributed by atoms with Crippen LogP contribution >= 0.6 is 0 Å². The second-order valence-corrected chi connectivity index (χ2v) is 4.40. The summed E-state index contributed by atoms with van der Waals surface area (Å²) in [6, 6.07) is 4.31. The third-order valence-electron chi connectivity index (χ3n) is 2.57. The van der Waals surface area contributed by atoms with Gasteiger partial charge in [-0.2, -0.15) is 0 Å². The quantitative estimate of drug-likeness (QED) is 0.733. The third-order valence-corrected chi connectivity index (χ3v) is 2.57. The fourth-order valence-corrected chi connectivity index (χ4v) is 2.19. The first-order chi connectivity index (χ1) is 6.38. The molecule has 1 aromatic carbocycles. The summed E-state index contributed by atoms with van der Waals surface area (Å²) in [5.41, 5.74) is 4.51. The lowest BCUT2D eigenvalue weighted by molar-refractivity contribution is -0.0245. The zero-order valence-electron chi connectivity index (χ0n) is 9.64. The first kappa shape index (κ1) is 11.2. The highest BCUT2D eigenvalue weighted by molar-refractivity contribution is 5.40. The Morgan fingerprint density at radius 2 is 1.50 bits per heavy atom. The SMILES string of the molecule is Cc1cc(C)c(C(C)(C)ON)c(C)c1. The molecule has 0 fully saturated rings. The summed E-state index contributed by atoms with van der Waals surface area (Å²) in [4.78, 5) is 5.03. The average molecular weight is 193 g/mol. The van der Waals surface area contributed by atoms with Crippen molar-refractivity contribution in [1.29, 1.82) is 0 Å². The molecule has 0 bridgehead atoms. The van der Waals surface area contributed by atoms with Gasteiger partial charge >= 0.3 is 0 Å². The van der Waals surface area contributed by atoms with Crippen molar-refractivity contribution in [3.8, 4) is 0 Å². The standard InChI is InChI=1S/C12H19NO/c1-8-6-9(2)11(10(3)7-8)12(4,5)14-13/h6-7H,13H2,1-5H3. The van der Waals surface area contributed by atoms with E-state index in [0.717, 1.165) is 0 Å². The third kappa shape index (κ3) is 1.97. The van der Waals surface area contributed by atoms with Gasteiger partial charge in [0.15, 0.2) is 0 Å². The highest BCUT2D eigenvalue weighted by Crippen LogP contribution is 2.29. The molecule has 0 amide bonds. The Balaban J connectivity index is 3.35. The zero-order chi connectivity index (χ0) is 10.9. The van der Waals surface area contributed by atoms with Gasteiger partial charge in [-0.15, -0.1) is 0 Å². The molecule has 0 saturated carbocycles. The maximum atomic E-state index is 5.31. The molecule has 0 unspecified atom stereocenters. The molecule has 0 saturated heterocycles. The molecule has 1 aromatic rings. The molecule has 0 aliphatic heterocycles. The predicted molar refractivity (Wildman–Crippen MR) is 59.0 cm³/mol. The molecule has 2 nitrogen and oxygen atoms in total. The Kier molecular flexibility index (Phi) is 2.98. The number of hydrogen-bond acceptors (Lipinski definition) is 2. The van der Waals surface area contributed by atoms with Crippen LogP contribution in [-0.4, -0.2) is 0 Å². The van der Waals surface area contributed by atoms with Gasteiger partial charge in [0.05, 0.1) is 0 Å². The highest BCUT2D eigenvalue weighted by Gasteiger charge is 2.24. The van der Waals surface area contributed by atoms with E-state index in [1.807, 2.05) is 13.8 Å². The van der Waals surface area contributed by atoms with Crippen LogP contribution in [0, 0.1) is 20.8 Å². The molecule has 0 aliphatic rings. The summed E-state index contributed by atoms with van der Waals surface area (Å²) in [6.07, 6.45) is 0. The molecule has 78 valence electrons. The molecule has 0 aromatic heterocycles. The average Bonchev–Trinajstić information content (AvgIpc) is 2.01. The van der Waals surface area contributed by atoms with Crippen molar-refractivity contribution in [3.63, 3.8) is 0 Å². The minimum atomic E-state index is -0.415. The van der Waals surface area contributed by atoms with Crippen LogP contribution in [0.1, 0.15) is 36.1 Å². The topological polar surface area (TPSA) is 35.2 Å². The second-order valence-electron chi connectivity index (χ2n) is 4.40. The Labute approximate surface area is 86.0 Å². The Morgan fingerprint density at radius 3 is 1.86 bits per heavy atom. The molecular formula is C12H19NO. The van der Waals surface area contributed by atoms with E-state index in [4.69, 9.17) is 10.7 Å². The maximum Gasteiger partial charge on any atom is 0.109 e. The van der Waals surface area contributed by atoms with Crippen LogP contribution in [0.5, 0.6) is 0 Å². The largest absolute Gasteiger partial charge is 0.294 e. The van der Waals surface area contributed by atoms with E-state index in [0.29, 0.717) is 0 Å². The van der Waals surface area contributed by atoms with Gasteiger partial charge in [0.25, 0.3) is 0 Å². The Morgan fingerprint density at radius 1 is 1.07 bits per heavy atom. The zero-order valence-corrected chi connectivity index (χ0v) is 9.64. The van der Waals surface area contributed by atoms with E-state index in [9.17, 15) is 0 Å². The predicted octanol–water partition coefficient (Wildman–Crippen LogP) is 2.74. The van der Waals surface area contributed by atoms with Gasteiger partial charge in [-0.05, 0) is 51.3 Å². The molecular weight excluding hydrogens is 174 g/mol. The van der Waals surface area contributed by atoms with Crippen LogP contribution in [0.4, 0.5) is 0 Å². The molecule has 0 heterocycles. The minimum Gasteiger partial charge on any atom is -0.294 e. The van der Waals surface area contributed by atoms with Gasteiger partial charge in [0, 0.05) is 0 Å². The number of benzene rings is 1. The fraction of sp³-hybridized carbons (Fsp3) is 0.500. The van der Waals surface area contributed by atoms with Crippen molar-refractivity contribution in [1.82, 2.24) is 0 Å². The normalized spacial score (nSPS) is 11.9. The highest BCUT2D eigenvalue weighted by atomic mass is 16.6. The molecule has 2 N–H and O–H groups in total. The lowest BCUT2D eigenvalue weighted by Gasteiger charge is -2.26. The fourth-order valence-electron chi connectivity index (χ4n) is 2.19. The molecule has 1 rings (SSSR count). The van der Waals surface area contributed by atoms with Gasteiger partial charge in [-0.25, -0.2) is 5.90 Å². The van der Waals surface area contributed by atoms with Gasteiger partial charge in [-0.3, -0.25) is 4.84 Å². The van der Waals surface area contributed by atoms with Crippen LogP contribution in [-0.2, 0) is 10.4 Å². The number of nitrogens with two attached hydrogens (primary N) is 1. The summed E-state index contributed by atoms with van der Waals surface area (Å²) in [5.74, 6) is 5.31. The van der Waals surface area contributed by atoms with E-state index < -0.39 is 5.60 Å². The molecule has 0 radical (unpaired) electrons. The number of aryl methyl sites for hydroxylation is 3. The van der Waals surface area contributed by atoms with E-state index in [1.165, 1.54) is 22.3 Å². The van der Waals surface area contributed by atoms with Crippen molar-refractivity contribution in [2.24, 2.45) is 5.90 Å². The number of hydrogen-bond donors (Lipinski definition) is 1. The van der Waals surface area contributed by atoms with E-state index >= 15 is 0 Å². The van der Waals surface area contributed by atoms with Gasteiger partial charge in [0.2, 0.25) is 0 Å². The summed E-state index contributed by atoms with van der Waals surface area (Å²) < 4.78 is 0.